The van der Waals surface area contributed by atoms with Crippen LogP contribution in [0.4, 0.5) is 0 Å². The number of fused-ring (bicyclic) bond motifs is 1. The molecule has 1 unspecified atom stereocenters. The SMILES string of the molecule is CCN1CCCC(NS(=O)(=O)C2=Cc3ccccc3CC2)C1. The zero-order valence-electron chi connectivity index (χ0n) is 13.1. The van der Waals surface area contributed by atoms with E-state index in [1.807, 2.05) is 24.3 Å². The fourth-order valence-electron chi connectivity index (χ4n) is 3.35. The number of sulfonamides is 1. The molecule has 22 heavy (non-hydrogen) atoms. The number of hydrogen-bond acceptors (Lipinski definition) is 3. The third kappa shape index (κ3) is 3.42. The van der Waals surface area contributed by atoms with Gasteiger partial charge >= 0.3 is 0 Å². The highest BCUT2D eigenvalue weighted by atomic mass is 32.2. The monoisotopic (exact) mass is 320 g/mol. The van der Waals surface area contributed by atoms with Gasteiger partial charge in [0, 0.05) is 12.6 Å². The predicted molar refractivity (Wildman–Crippen MR) is 89.9 cm³/mol. The number of likely N-dealkylation sites (N-methyl/N-ethyl adjacent to an activating group) is 1. The fraction of sp³-hybridized carbons (Fsp3) is 0.529. The summed E-state index contributed by atoms with van der Waals surface area (Å²) in [6, 6.07) is 8.06. The van der Waals surface area contributed by atoms with Crippen molar-refractivity contribution >= 4 is 16.1 Å². The number of likely N-dealkylation sites (tertiary alicyclic amines) is 1. The van der Waals surface area contributed by atoms with Crippen molar-refractivity contribution in [3.8, 4) is 0 Å². The third-order valence-electron chi connectivity index (χ3n) is 4.63. The van der Waals surface area contributed by atoms with Gasteiger partial charge in [-0.2, -0.15) is 0 Å². The molecule has 4 nitrogen and oxygen atoms in total. The van der Waals surface area contributed by atoms with Gasteiger partial charge in [0.2, 0.25) is 10.0 Å². The molecule has 1 N–H and O–H groups in total. The number of hydrogen-bond donors (Lipinski definition) is 1. The van der Waals surface area contributed by atoms with Crippen molar-refractivity contribution in [3.05, 3.63) is 40.3 Å². The first kappa shape index (κ1) is 15.7. The Kier molecular flexibility index (Phi) is 4.66. The van der Waals surface area contributed by atoms with Gasteiger partial charge in [-0.15, -0.1) is 0 Å². The second kappa shape index (κ2) is 6.52. The smallest absolute Gasteiger partial charge is 0.237 e. The molecule has 1 aliphatic heterocycles. The fourth-order valence-corrected chi connectivity index (χ4v) is 4.79. The van der Waals surface area contributed by atoms with E-state index in [4.69, 9.17) is 0 Å². The van der Waals surface area contributed by atoms with E-state index in [2.05, 4.69) is 22.6 Å². The molecule has 1 aliphatic carbocycles. The molecular weight excluding hydrogens is 296 g/mol. The molecule has 120 valence electrons. The molecule has 5 heteroatoms. The summed E-state index contributed by atoms with van der Waals surface area (Å²) >= 11 is 0. The van der Waals surface area contributed by atoms with Gasteiger partial charge < -0.3 is 4.90 Å². The van der Waals surface area contributed by atoms with E-state index in [9.17, 15) is 8.42 Å². The summed E-state index contributed by atoms with van der Waals surface area (Å²) in [5.41, 5.74) is 2.27. The van der Waals surface area contributed by atoms with Crippen LogP contribution in [-0.2, 0) is 16.4 Å². The standard InChI is InChI=1S/C17H24N2O2S/c1-2-19-11-5-8-16(13-19)18-22(20,21)17-10-9-14-6-3-4-7-15(14)12-17/h3-4,6-7,12,16,18H,2,5,8-11,13H2,1H3. The Morgan fingerprint density at radius 1 is 1.27 bits per heavy atom. The maximum absolute atomic E-state index is 12.7. The summed E-state index contributed by atoms with van der Waals surface area (Å²) in [6.07, 6.45) is 5.22. The number of piperidine rings is 1. The summed E-state index contributed by atoms with van der Waals surface area (Å²) in [5.74, 6) is 0. The van der Waals surface area contributed by atoms with E-state index in [0.29, 0.717) is 11.3 Å². The van der Waals surface area contributed by atoms with E-state index < -0.39 is 10.0 Å². The van der Waals surface area contributed by atoms with Crippen LogP contribution in [0, 0.1) is 0 Å². The van der Waals surface area contributed by atoms with Crippen LogP contribution < -0.4 is 4.72 Å². The summed E-state index contributed by atoms with van der Waals surface area (Å²) in [5, 5.41) is 0. The lowest BCUT2D eigenvalue weighted by molar-refractivity contribution is 0.211. The Labute approximate surface area is 133 Å². The molecule has 3 rings (SSSR count). The summed E-state index contributed by atoms with van der Waals surface area (Å²) in [4.78, 5) is 2.83. The van der Waals surface area contributed by atoms with Gasteiger partial charge in [0.05, 0.1) is 4.91 Å². The largest absolute Gasteiger partial charge is 0.302 e. The van der Waals surface area contributed by atoms with Gasteiger partial charge in [-0.05, 0) is 56.0 Å². The number of allylic oxidation sites excluding steroid dienone is 1. The highest BCUT2D eigenvalue weighted by Crippen LogP contribution is 2.27. The van der Waals surface area contributed by atoms with Crippen LogP contribution in [0.1, 0.15) is 37.3 Å². The average molecular weight is 320 g/mol. The van der Waals surface area contributed by atoms with Crippen LogP contribution >= 0.6 is 0 Å². The Morgan fingerprint density at radius 2 is 2.09 bits per heavy atom. The molecular formula is C17H24N2O2S. The lowest BCUT2D eigenvalue weighted by atomic mass is 9.98. The van der Waals surface area contributed by atoms with Crippen LogP contribution in [0.5, 0.6) is 0 Å². The Balaban J connectivity index is 1.75. The Bertz CT molecular complexity index is 667. The minimum absolute atomic E-state index is 0.0387. The van der Waals surface area contributed by atoms with Gasteiger partial charge in [0.1, 0.15) is 0 Å². The molecule has 1 heterocycles. The second-order valence-electron chi connectivity index (χ2n) is 6.16. The molecule has 1 aromatic rings. The zero-order chi connectivity index (χ0) is 15.6. The van der Waals surface area contributed by atoms with E-state index in [0.717, 1.165) is 44.5 Å². The van der Waals surface area contributed by atoms with Gasteiger partial charge in [0.15, 0.2) is 0 Å². The van der Waals surface area contributed by atoms with Gasteiger partial charge in [0.25, 0.3) is 0 Å². The Hall–Kier alpha value is -1.17. The molecule has 1 aromatic carbocycles. The number of nitrogens with zero attached hydrogens (tertiary/aromatic N) is 1. The molecule has 0 radical (unpaired) electrons. The van der Waals surface area contributed by atoms with Crippen molar-refractivity contribution in [2.24, 2.45) is 0 Å². The molecule has 0 spiro atoms. The molecule has 1 saturated heterocycles. The Morgan fingerprint density at radius 3 is 2.91 bits per heavy atom. The maximum atomic E-state index is 12.7. The third-order valence-corrected chi connectivity index (χ3v) is 6.29. The number of nitrogens with one attached hydrogen (secondary N) is 1. The molecule has 0 amide bonds. The second-order valence-corrected chi connectivity index (χ2v) is 7.93. The van der Waals surface area contributed by atoms with E-state index in [1.165, 1.54) is 5.56 Å². The van der Waals surface area contributed by atoms with Crippen LogP contribution in [0.15, 0.2) is 29.2 Å². The zero-order valence-corrected chi connectivity index (χ0v) is 13.9. The van der Waals surface area contributed by atoms with E-state index in [-0.39, 0.29) is 6.04 Å². The highest BCUT2D eigenvalue weighted by Gasteiger charge is 2.27. The van der Waals surface area contributed by atoms with Crippen LogP contribution in [-0.4, -0.2) is 39.0 Å². The van der Waals surface area contributed by atoms with Crippen LogP contribution in [0.3, 0.4) is 0 Å². The molecule has 1 fully saturated rings. The van der Waals surface area contributed by atoms with E-state index >= 15 is 0 Å². The minimum atomic E-state index is -3.37. The average Bonchev–Trinajstić information content (AvgIpc) is 2.54. The van der Waals surface area contributed by atoms with Crippen molar-refractivity contribution in [3.63, 3.8) is 0 Å². The molecule has 0 bridgehead atoms. The minimum Gasteiger partial charge on any atom is -0.302 e. The first-order valence-corrected chi connectivity index (χ1v) is 9.60. The normalized spacial score (nSPS) is 23.0. The van der Waals surface area contributed by atoms with Crippen molar-refractivity contribution < 1.29 is 8.42 Å². The number of benzene rings is 1. The maximum Gasteiger partial charge on any atom is 0.237 e. The van der Waals surface area contributed by atoms with Crippen molar-refractivity contribution in [2.45, 2.75) is 38.6 Å². The van der Waals surface area contributed by atoms with Crippen molar-refractivity contribution in [2.75, 3.05) is 19.6 Å². The van der Waals surface area contributed by atoms with Crippen LogP contribution in [0.2, 0.25) is 0 Å². The van der Waals surface area contributed by atoms with Crippen molar-refractivity contribution in [1.82, 2.24) is 9.62 Å². The first-order chi connectivity index (χ1) is 10.6. The quantitative estimate of drug-likeness (QED) is 0.926. The summed E-state index contributed by atoms with van der Waals surface area (Å²) < 4.78 is 28.2. The topological polar surface area (TPSA) is 49.4 Å². The van der Waals surface area contributed by atoms with Crippen LogP contribution in [0.25, 0.3) is 6.08 Å². The lowest BCUT2D eigenvalue weighted by Crippen LogP contribution is -2.47. The summed E-state index contributed by atoms with van der Waals surface area (Å²) in [6.45, 7) is 5.00. The van der Waals surface area contributed by atoms with Crippen molar-refractivity contribution in [1.29, 1.82) is 0 Å². The summed E-state index contributed by atoms with van der Waals surface area (Å²) in [7, 11) is -3.37. The predicted octanol–water partition coefficient (Wildman–Crippen LogP) is 2.38. The lowest BCUT2D eigenvalue weighted by Gasteiger charge is -2.32. The molecule has 1 atom stereocenters. The molecule has 0 aromatic heterocycles. The number of rotatable bonds is 4. The highest BCUT2D eigenvalue weighted by molar-refractivity contribution is 7.93. The first-order valence-electron chi connectivity index (χ1n) is 8.11. The number of aryl methyl sites for hydroxylation is 1. The van der Waals surface area contributed by atoms with Gasteiger partial charge in [-0.25, -0.2) is 13.1 Å². The molecule has 0 saturated carbocycles. The van der Waals surface area contributed by atoms with Gasteiger partial charge in [-0.3, -0.25) is 0 Å². The van der Waals surface area contributed by atoms with Gasteiger partial charge in [-0.1, -0.05) is 31.2 Å². The van der Waals surface area contributed by atoms with E-state index in [1.54, 1.807) is 0 Å². The molecule has 2 aliphatic rings.